The molecule has 1 aromatic carbocycles. The SMILES string of the molecule is NS(=O)(=O)c1c(F)cc(C2=CC(=S)C(C3CCCC3)C=C2)cc1F. The average Bonchev–Trinajstić information content (AvgIpc) is 2.98. The average molecular weight is 369 g/mol. The van der Waals surface area contributed by atoms with Gasteiger partial charge < -0.3 is 0 Å². The molecule has 0 heterocycles. The van der Waals surface area contributed by atoms with Gasteiger partial charge in [0.15, 0.2) is 4.90 Å². The summed E-state index contributed by atoms with van der Waals surface area (Å²) in [6.07, 6.45) is 10.2. The van der Waals surface area contributed by atoms with Crippen molar-refractivity contribution in [3.8, 4) is 0 Å². The van der Waals surface area contributed by atoms with Crippen LogP contribution in [0.25, 0.3) is 5.57 Å². The van der Waals surface area contributed by atoms with Crippen LogP contribution in [0.15, 0.2) is 35.3 Å². The fraction of sp³-hybridized carbons (Fsp3) is 0.353. The smallest absolute Gasteiger partial charge is 0.224 e. The number of hydrogen-bond donors (Lipinski definition) is 1. The Balaban J connectivity index is 1.92. The van der Waals surface area contributed by atoms with Crippen LogP contribution in [0.5, 0.6) is 0 Å². The van der Waals surface area contributed by atoms with Gasteiger partial charge >= 0.3 is 0 Å². The Bertz CT molecular complexity index is 830. The standard InChI is InChI=1S/C17H17F2NO2S2/c18-14-7-12(8-15(19)17(14)24(20,21)22)11-5-6-13(16(23)9-11)10-3-1-2-4-10/h5-10,13H,1-4H2,(H2,20,21,22). The third kappa shape index (κ3) is 3.34. The van der Waals surface area contributed by atoms with Gasteiger partial charge in [-0.15, -0.1) is 0 Å². The zero-order chi connectivity index (χ0) is 17.5. The minimum Gasteiger partial charge on any atom is -0.224 e. The van der Waals surface area contributed by atoms with E-state index < -0.39 is 26.6 Å². The van der Waals surface area contributed by atoms with Crippen LogP contribution in [-0.4, -0.2) is 13.3 Å². The van der Waals surface area contributed by atoms with E-state index in [4.69, 9.17) is 17.4 Å². The Morgan fingerprint density at radius 3 is 2.21 bits per heavy atom. The van der Waals surface area contributed by atoms with Gasteiger partial charge in [-0.3, -0.25) is 0 Å². The molecule has 3 nitrogen and oxygen atoms in total. The normalized spacial score (nSPS) is 22.0. The zero-order valence-electron chi connectivity index (χ0n) is 12.8. The van der Waals surface area contributed by atoms with Gasteiger partial charge in [0.2, 0.25) is 10.0 Å². The fourth-order valence-corrected chi connectivity index (χ4v) is 4.54. The highest BCUT2D eigenvalue weighted by atomic mass is 32.2. The molecule has 0 saturated heterocycles. The molecule has 0 aromatic heterocycles. The maximum absolute atomic E-state index is 14.0. The van der Waals surface area contributed by atoms with Crippen molar-refractivity contribution in [1.29, 1.82) is 0 Å². The van der Waals surface area contributed by atoms with Gasteiger partial charge in [-0.1, -0.05) is 37.2 Å². The van der Waals surface area contributed by atoms with E-state index >= 15 is 0 Å². The van der Waals surface area contributed by atoms with E-state index in [2.05, 4.69) is 0 Å². The topological polar surface area (TPSA) is 60.2 Å². The summed E-state index contributed by atoms with van der Waals surface area (Å²) < 4.78 is 50.5. The second-order valence-electron chi connectivity index (χ2n) is 6.25. The summed E-state index contributed by atoms with van der Waals surface area (Å²) in [5.74, 6) is -1.69. The lowest BCUT2D eigenvalue weighted by molar-refractivity contribution is 0.495. The third-order valence-corrected chi connectivity index (χ3v) is 5.98. The van der Waals surface area contributed by atoms with Crippen molar-refractivity contribution in [2.75, 3.05) is 0 Å². The van der Waals surface area contributed by atoms with E-state index in [-0.39, 0.29) is 11.5 Å². The highest BCUT2D eigenvalue weighted by molar-refractivity contribution is 7.89. The number of hydrogen-bond acceptors (Lipinski definition) is 3. The van der Waals surface area contributed by atoms with Crippen molar-refractivity contribution in [3.63, 3.8) is 0 Å². The van der Waals surface area contributed by atoms with Crippen LogP contribution in [0.4, 0.5) is 8.78 Å². The molecular formula is C17H17F2NO2S2. The molecule has 1 atom stereocenters. The lowest BCUT2D eigenvalue weighted by atomic mass is 9.83. The van der Waals surface area contributed by atoms with Crippen molar-refractivity contribution in [2.45, 2.75) is 30.6 Å². The van der Waals surface area contributed by atoms with Crippen LogP contribution in [0.3, 0.4) is 0 Å². The Hall–Kier alpha value is -1.44. The van der Waals surface area contributed by atoms with E-state index in [0.29, 0.717) is 11.5 Å². The van der Waals surface area contributed by atoms with Gasteiger partial charge in [-0.2, -0.15) is 0 Å². The van der Waals surface area contributed by atoms with Gasteiger partial charge in [-0.25, -0.2) is 22.3 Å². The molecule has 1 unspecified atom stereocenters. The molecule has 2 N–H and O–H groups in total. The van der Waals surface area contributed by atoms with E-state index in [9.17, 15) is 17.2 Å². The molecule has 0 radical (unpaired) electrons. The minimum absolute atomic E-state index is 0.185. The Morgan fingerprint density at radius 2 is 1.71 bits per heavy atom. The number of sulfonamides is 1. The molecular weight excluding hydrogens is 352 g/mol. The minimum atomic E-state index is -4.46. The second kappa shape index (κ2) is 6.46. The van der Waals surface area contributed by atoms with Crippen LogP contribution >= 0.6 is 12.2 Å². The van der Waals surface area contributed by atoms with Crippen molar-refractivity contribution >= 4 is 32.7 Å². The van der Waals surface area contributed by atoms with Crippen LogP contribution < -0.4 is 5.14 Å². The predicted octanol–water partition coefficient (Wildman–Crippen LogP) is 3.74. The molecule has 1 saturated carbocycles. The number of allylic oxidation sites excluding steroid dienone is 4. The molecule has 2 aliphatic rings. The summed E-state index contributed by atoms with van der Waals surface area (Å²) in [5, 5.41) is 4.84. The summed E-state index contributed by atoms with van der Waals surface area (Å²) in [7, 11) is -4.46. The first kappa shape index (κ1) is 17.4. The number of halogens is 2. The maximum atomic E-state index is 14.0. The molecule has 3 rings (SSSR count). The van der Waals surface area contributed by atoms with Crippen LogP contribution in [0.2, 0.25) is 0 Å². The van der Waals surface area contributed by atoms with Gasteiger partial charge in [0.05, 0.1) is 0 Å². The number of thiocarbonyl (C=S) groups is 1. The highest BCUT2D eigenvalue weighted by Gasteiger charge is 2.28. The molecule has 24 heavy (non-hydrogen) atoms. The largest absolute Gasteiger partial charge is 0.243 e. The van der Waals surface area contributed by atoms with Gasteiger partial charge in [0.1, 0.15) is 11.6 Å². The van der Waals surface area contributed by atoms with Crippen molar-refractivity contribution in [2.24, 2.45) is 17.0 Å². The first-order valence-corrected chi connectivity index (χ1v) is 9.69. The highest BCUT2D eigenvalue weighted by Crippen LogP contribution is 2.36. The summed E-state index contributed by atoms with van der Waals surface area (Å²) in [4.78, 5) is -0.367. The van der Waals surface area contributed by atoms with Gasteiger partial charge in [0, 0.05) is 10.8 Å². The second-order valence-corrected chi connectivity index (χ2v) is 8.22. The van der Waals surface area contributed by atoms with E-state index in [1.807, 2.05) is 6.08 Å². The third-order valence-electron chi connectivity index (χ3n) is 4.63. The van der Waals surface area contributed by atoms with Crippen LogP contribution in [0, 0.1) is 23.5 Å². The lowest BCUT2D eigenvalue weighted by Crippen LogP contribution is -2.19. The summed E-state index contributed by atoms with van der Waals surface area (Å²) in [5.41, 5.74) is 0.800. The van der Waals surface area contributed by atoms with E-state index in [0.717, 1.165) is 29.8 Å². The van der Waals surface area contributed by atoms with Crippen LogP contribution in [0.1, 0.15) is 31.2 Å². The predicted molar refractivity (Wildman–Crippen MR) is 92.9 cm³/mol. The van der Waals surface area contributed by atoms with Crippen molar-refractivity contribution in [3.05, 3.63) is 47.6 Å². The van der Waals surface area contributed by atoms with E-state index in [1.54, 1.807) is 12.2 Å². The fourth-order valence-electron chi connectivity index (χ4n) is 3.48. The molecule has 128 valence electrons. The molecule has 0 amide bonds. The Kier molecular flexibility index (Phi) is 4.68. The molecule has 0 bridgehead atoms. The molecule has 1 fully saturated rings. The maximum Gasteiger partial charge on any atom is 0.243 e. The Labute approximate surface area is 145 Å². The van der Waals surface area contributed by atoms with Crippen molar-refractivity contribution < 1.29 is 17.2 Å². The monoisotopic (exact) mass is 369 g/mol. The quantitative estimate of drug-likeness (QED) is 0.826. The molecule has 1 aromatic rings. The molecule has 7 heteroatoms. The number of nitrogens with two attached hydrogens (primary N) is 1. The van der Waals surface area contributed by atoms with Crippen molar-refractivity contribution in [1.82, 2.24) is 0 Å². The van der Waals surface area contributed by atoms with E-state index in [1.165, 1.54) is 12.8 Å². The Morgan fingerprint density at radius 1 is 1.12 bits per heavy atom. The van der Waals surface area contributed by atoms with Gasteiger partial charge in [0.25, 0.3) is 0 Å². The first-order valence-electron chi connectivity index (χ1n) is 7.73. The molecule has 2 aliphatic carbocycles. The number of rotatable bonds is 3. The number of benzene rings is 1. The number of primary sulfonamides is 1. The first-order chi connectivity index (χ1) is 11.3. The van der Waals surface area contributed by atoms with Gasteiger partial charge in [-0.05, 0) is 48.1 Å². The zero-order valence-corrected chi connectivity index (χ0v) is 14.5. The summed E-state index contributed by atoms with van der Waals surface area (Å²) >= 11 is 5.46. The molecule has 0 aliphatic heterocycles. The summed E-state index contributed by atoms with van der Waals surface area (Å²) in [6, 6.07) is 1.94. The lowest BCUT2D eigenvalue weighted by Gasteiger charge is -2.23. The van der Waals surface area contributed by atoms with Crippen LogP contribution in [-0.2, 0) is 10.0 Å². The molecule has 0 spiro atoms. The summed E-state index contributed by atoms with van der Waals surface area (Å²) in [6.45, 7) is 0.